The van der Waals surface area contributed by atoms with E-state index in [-0.39, 0.29) is 18.2 Å². The van der Waals surface area contributed by atoms with Crippen LogP contribution in [-0.2, 0) is 0 Å². The van der Waals surface area contributed by atoms with E-state index in [2.05, 4.69) is 5.32 Å². The summed E-state index contributed by atoms with van der Waals surface area (Å²) in [6, 6.07) is 3.29. The van der Waals surface area contributed by atoms with Crippen molar-refractivity contribution in [3.8, 4) is 5.75 Å². The molecule has 94 valence electrons. The fourth-order valence-electron chi connectivity index (χ4n) is 2.60. The molecule has 3 rings (SSSR count). The van der Waals surface area contributed by atoms with E-state index >= 15 is 0 Å². The highest BCUT2D eigenvalue weighted by atomic mass is 35.5. The molecule has 0 spiro atoms. The third kappa shape index (κ3) is 2.53. The molecular formula is C12H14ClF2NO. The van der Waals surface area contributed by atoms with Gasteiger partial charge in [-0.3, -0.25) is 0 Å². The molecule has 2 unspecified atom stereocenters. The number of halogens is 3. The van der Waals surface area contributed by atoms with Crippen LogP contribution in [0.25, 0.3) is 0 Å². The second-order valence-electron chi connectivity index (χ2n) is 4.57. The molecule has 1 aliphatic heterocycles. The standard InChI is InChI=1S/C12H13F2NO.ClH/c13-7-1-8(14)3-9(2-7)16-6-12-10-4-15-5-11(10)12;/h1-3,10-12,15H,4-6H2;1H. The lowest BCUT2D eigenvalue weighted by atomic mass is 10.3. The summed E-state index contributed by atoms with van der Waals surface area (Å²) in [6.45, 7) is 2.67. The number of nitrogens with one attached hydrogen (secondary N) is 1. The number of hydrogen-bond acceptors (Lipinski definition) is 2. The SMILES string of the molecule is Cl.Fc1cc(F)cc(OCC2C3CNCC32)c1. The summed E-state index contributed by atoms with van der Waals surface area (Å²) in [6.07, 6.45) is 0. The molecule has 1 saturated heterocycles. The van der Waals surface area contributed by atoms with Crippen molar-refractivity contribution in [2.45, 2.75) is 0 Å². The van der Waals surface area contributed by atoms with Crippen LogP contribution < -0.4 is 10.1 Å². The number of benzene rings is 1. The van der Waals surface area contributed by atoms with Gasteiger partial charge in [0.2, 0.25) is 0 Å². The molecule has 5 heteroatoms. The van der Waals surface area contributed by atoms with Crippen LogP contribution in [0.4, 0.5) is 8.78 Å². The summed E-state index contributed by atoms with van der Waals surface area (Å²) in [5, 5.41) is 3.29. The van der Waals surface area contributed by atoms with Crippen molar-refractivity contribution in [2.24, 2.45) is 17.8 Å². The topological polar surface area (TPSA) is 21.3 Å². The largest absolute Gasteiger partial charge is 0.493 e. The molecule has 17 heavy (non-hydrogen) atoms. The predicted molar refractivity (Wildman–Crippen MR) is 62.4 cm³/mol. The first-order valence-corrected chi connectivity index (χ1v) is 5.53. The first-order chi connectivity index (χ1) is 7.74. The van der Waals surface area contributed by atoms with Crippen molar-refractivity contribution < 1.29 is 13.5 Å². The molecule has 1 aromatic carbocycles. The predicted octanol–water partition coefficient (Wildman–Crippen LogP) is 2.23. The highest BCUT2D eigenvalue weighted by Crippen LogP contribution is 2.48. The second-order valence-corrected chi connectivity index (χ2v) is 4.57. The van der Waals surface area contributed by atoms with E-state index in [4.69, 9.17) is 4.74 Å². The average Bonchev–Trinajstić information content (AvgIpc) is 2.68. The lowest BCUT2D eigenvalue weighted by Gasteiger charge is -2.08. The van der Waals surface area contributed by atoms with Gasteiger partial charge in [0, 0.05) is 24.1 Å². The van der Waals surface area contributed by atoms with Crippen LogP contribution in [0.5, 0.6) is 5.75 Å². The van der Waals surface area contributed by atoms with Gasteiger partial charge in [-0.2, -0.15) is 0 Å². The maximum atomic E-state index is 12.9. The van der Waals surface area contributed by atoms with E-state index in [1.165, 1.54) is 12.1 Å². The normalized spacial score (nSPS) is 29.4. The number of hydrogen-bond donors (Lipinski definition) is 1. The Balaban J connectivity index is 0.00000108. The van der Waals surface area contributed by atoms with Gasteiger partial charge in [-0.15, -0.1) is 12.4 Å². The number of piperidine rings is 1. The van der Waals surface area contributed by atoms with Gasteiger partial charge < -0.3 is 10.1 Å². The molecule has 1 heterocycles. The van der Waals surface area contributed by atoms with E-state index in [1.54, 1.807) is 0 Å². The highest BCUT2D eigenvalue weighted by Gasteiger charge is 2.52. The van der Waals surface area contributed by atoms with Crippen molar-refractivity contribution in [1.82, 2.24) is 5.32 Å². The van der Waals surface area contributed by atoms with Gasteiger partial charge in [-0.05, 0) is 24.9 Å². The van der Waals surface area contributed by atoms with Crippen LogP contribution in [-0.4, -0.2) is 19.7 Å². The lowest BCUT2D eigenvalue weighted by Crippen LogP contribution is -2.17. The Kier molecular flexibility index (Phi) is 3.54. The number of fused-ring (bicyclic) bond motifs is 1. The van der Waals surface area contributed by atoms with Crippen molar-refractivity contribution >= 4 is 12.4 Å². The Labute approximate surface area is 105 Å². The maximum Gasteiger partial charge on any atom is 0.129 e. The van der Waals surface area contributed by atoms with Crippen LogP contribution in [0.15, 0.2) is 18.2 Å². The lowest BCUT2D eigenvalue weighted by molar-refractivity contribution is 0.278. The van der Waals surface area contributed by atoms with Crippen LogP contribution >= 0.6 is 12.4 Å². The molecule has 2 nitrogen and oxygen atoms in total. The molecule has 0 aromatic heterocycles. The molecule has 0 radical (unpaired) electrons. The van der Waals surface area contributed by atoms with E-state index in [9.17, 15) is 8.78 Å². The van der Waals surface area contributed by atoms with Gasteiger partial charge in [0.1, 0.15) is 17.4 Å². The molecule has 2 aliphatic rings. The maximum absolute atomic E-state index is 12.9. The fraction of sp³-hybridized carbons (Fsp3) is 0.500. The molecule has 1 aliphatic carbocycles. The third-order valence-electron chi connectivity index (χ3n) is 3.55. The van der Waals surface area contributed by atoms with E-state index in [0.29, 0.717) is 24.4 Å². The zero-order chi connectivity index (χ0) is 11.1. The summed E-state index contributed by atoms with van der Waals surface area (Å²) >= 11 is 0. The second kappa shape index (κ2) is 4.78. The summed E-state index contributed by atoms with van der Waals surface area (Å²) in [5.74, 6) is 1.08. The summed E-state index contributed by atoms with van der Waals surface area (Å²) in [5.41, 5.74) is 0. The zero-order valence-corrected chi connectivity index (χ0v) is 9.97. The molecule has 1 aromatic rings. The number of rotatable bonds is 3. The Morgan fingerprint density at radius 1 is 1.12 bits per heavy atom. The Morgan fingerprint density at radius 2 is 1.71 bits per heavy atom. The first-order valence-electron chi connectivity index (χ1n) is 5.53. The average molecular weight is 262 g/mol. The zero-order valence-electron chi connectivity index (χ0n) is 9.16. The van der Waals surface area contributed by atoms with Crippen LogP contribution in [0.2, 0.25) is 0 Å². The third-order valence-corrected chi connectivity index (χ3v) is 3.55. The minimum Gasteiger partial charge on any atom is -0.493 e. The van der Waals surface area contributed by atoms with Gasteiger partial charge >= 0.3 is 0 Å². The minimum atomic E-state index is -0.590. The van der Waals surface area contributed by atoms with Gasteiger partial charge in [0.05, 0.1) is 6.61 Å². The van der Waals surface area contributed by atoms with Gasteiger partial charge in [-0.1, -0.05) is 0 Å². The van der Waals surface area contributed by atoms with E-state index in [0.717, 1.165) is 19.2 Å². The summed E-state index contributed by atoms with van der Waals surface area (Å²) in [4.78, 5) is 0. The Hall–Kier alpha value is -0.870. The highest BCUT2D eigenvalue weighted by molar-refractivity contribution is 5.85. The first kappa shape index (κ1) is 12.6. The van der Waals surface area contributed by atoms with Crippen LogP contribution in [0.3, 0.4) is 0 Å². The molecule has 0 amide bonds. The van der Waals surface area contributed by atoms with Crippen molar-refractivity contribution in [1.29, 1.82) is 0 Å². The minimum absolute atomic E-state index is 0. The van der Waals surface area contributed by atoms with Crippen molar-refractivity contribution in [3.63, 3.8) is 0 Å². The van der Waals surface area contributed by atoms with E-state index in [1.807, 2.05) is 0 Å². The van der Waals surface area contributed by atoms with Crippen molar-refractivity contribution in [3.05, 3.63) is 29.8 Å². The van der Waals surface area contributed by atoms with Crippen molar-refractivity contribution in [2.75, 3.05) is 19.7 Å². The fourth-order valence-corrected chi connectivity index (χ4v) is 2.60. The smallest absolute Gasteiger partial charge is 0.129 e. The van der Waals surface area contributed by atoms with Crippen LogP contribution in [0.1, 0.15) is 0 Å². The van der Waals surface area contributed by atoms with Crippen LogP contribution in [0, 0.1) is 29.4 Å². The number of ether oxygens (including phenoxy) is 1. The molecule has 2 atom stereocenters. The summed E-state index contributed by atoms with van der Waals surface area (Å²) in [7, 11) is 0. The quantitative estimate of drug-likeness (QED) is 0.901. The van der Waals surface area contributed by atoms with Gasteiger partial charge in [0.25, 0.3) is 0 Å². The molecular weight excluding hydrogens is 248 g/mol. The monoisotopic (exact) mass is 261 g/mol. The van der Waals surface area contributed by atoms with E-state index < -0.39 is 11.6 Å². The molecule has 1 saturated carbocycles. The molecule has 0 bridgehead atoms. The Morgan fingerprint density at radius 3 is 2.29 bits per heavy atom. The molecule has 1 N–H and O–H groups in total. The molecule has 2 fully saturated rings. The Bertz CT molecular complexity index is 385. The van der Waals surface area contributed by atoms with Gasteiger partial charge in [-0.25, -0.2) is 8.78 Å². The van der Waals surface area contributed by atoms with Gasteiger partial charge in [0.15, 0.2) is 0 Å². The summed E-state index contributed by atoms with van der Waals surface area (Å²) < 4.78 is 31.2.